The average molecular weight is 512 g/mol. The number of para-hydroxylation sites is 4. The van der Waals surface area contributed by atoms with Crippen molar-refractivity contribution in [2.45, 2.75) is 32.2 Å². The molecule has 0 aliphatic carbocycles. The molecule has 0 saturated carbocycles. The first kappa shape index (κ1) is 25.4. The zero-order valence-corrected chi connectivity index (χ0v) is 22.1. The van der Waals surface area contributed by atoms with Gasteiger partial charge < -0.3 is 23.7 Å². The third kappa shape index (κ3) is 5.09. The summed E-state index contributed by atoms with van der Waals surface area (Å²) in [6.45, 7) is 3.81. The summed E-state index contributed by atoms with van der Waals surface area (Å²) in [6, 6.07) is 21.7. The van der Waals surface area contributed by atoms with Crippen LogP contribution in [0.15, 0.2) is 72.8 Å². The molecule has 2 heterocycles. The van der Waals surface area contributed by atoms with Crippen molar-refractivity contribution < 1.29 is 19.0 Å². The second kappa shape index (κ2) is 11.4. The molecule has 0 N–H and O–H groups in total. The predicted octanol–water partition coefficient (Wildman–Crippen LogP) is 6.08. The largest absolute Gasteiger partial charge is 0.495 e. The summed E-state index contributed by atoms with van der Waals surface area (Å²) in [7, 11) is 3.29. The van der Waals surface area contributed by atoms with Gasteiger partial charge in [-0.05, 0) is 55.3 Å². The maximum atomic E-state index is 13.1. The summed E-state index contributed by atoms with van der Waals surface area (Å²) in [5.41, 5.74) is 3.87. The van der Waals surface area contributed by atoms with Crippen molar-refractivity contribution in [3.05, 3.63) is 84.2 Å². The van der Waals surface area contributed by atoms with Gasteiger partial charge in [0.05, 0.1) is 37.5 Å². The Kier molecular flexibility index (Phi) is 7.63. The third-order valence-electron chi connectivity index (χ3n) is 6.88. The minimum Gasteiger partial charge on any atom is -0.495 e. The molecule has 0 bridgehead atoms. The standard InChI is InChI=1S/C31H33N3O4/c1-4-10-22-15-16-28(29(19-22)37-3)38-18-9-17-33-25-12-6-5-11-24(25)32-31(33)23-20-30(35)34(21-23)26-13-7-8-14-27(26)36-2/h4-8,10-16,19,23H,9,17-18,20-21H2,1-3H3/b10-4+. The van der Waals surface area contributed by atoms with Crippen LogP contribution in [-0.2, 0) is 11.3 Å². The highest BCUT2D eigenvalue weighted by atomic mass is 16.5. The van der Waals surface area contributed by atoms with E-state index in [2.05, 4.69) is 10.6 Å². The smallest absolute Gasteiger partial charge is 0.227 e. The molecule has 0 radical (unpaired) electrons. The Morgan fingerprint density at radius 2 is 1.76 bits per heavy atom. The minimum absolute atomic E-state index is 0.0139. The normalized spacial score (nSPS) is 15.5. The van der Waals surface area contributed by atoms with E-state index >= 15 is 0 Å². The lowest BCUT2D eigenvalue weighted by Gasteiger charge is -2.20. The maximum Gasteiger partial charge on any atom is 0.227 e. The topological polar surface area (TPSA) is 65.8 Å². The van der Waals surface area contributed by atoms with Crippen LogP contribution in [0.25, 0.3) is 17.1 Å². The van der Waals surface area contributed by atoms with Crippen LogP contribution in [-0.4, -0.2) is 42.8 Å². The summed E-state index contributed by atoms with van der Waals surface area (Å²) in [5, 5.41) is 0. The van der Waals surface area contributed by atoms with E-state index in [1.54, 1.807) is 14.2 Å². The van der Waals surface area contributed by atoms with Crippen LogP contribution in [0.5, 0.6) is 17.2 Å². The van der Waals surface area contributed by atoms with Gasteiger partial charge in [-0.25, -0.2) is 4.98 Å². The minimum atomic E-state index is -0.0139. The summed E-state index contributed by atoms with van der Waals surface area (Å²) < 4.78 is 19.4. The van der Waals surface area contributed by atoms with Gasteiger partial charge in [0.1, 0.15) is 11.6 Å². The SMILES string of the molecule is C/C=C/c1ccc(OCCCn2c(C3CC(=O)N(c4ccccc4OC)C3)nc3ccccc32)c(OC)c1. The molecular formula is C31H33N3O4. The lowest BCUT2D eigenvalue weighted by Crippen LogP contribution is -2.25. The van der Waals surface area contributed by atoms with E-state index in [4.69, 9.17) is 19.2 Å². The van der Waals surface area contributed by atoms with Gasteiger partial charge in [0.15, 0.2) is 11.5 Å². The second-order valence-corrected chi connectivity index (χ2v) is 9.30. The Hall–Kier alpha value is -4.26. The number of anilines is 1. The van der Waals surface area contributed by atoms with Gasteiger partial charge in [0, 0.05) is 25.4 Å². The highest BCUT2D eigenvalue weighted by molar-refractivity contribution is 5.97. The Labute approximate surface area is 223 Å². The molecule has 1 unspecified atom stereocenters. The molecule has 1 aromatic heterocycles. The maximum absolute atomic E-state index is 13.1. The fraction of sp³-hybridized carbons (Fsp3) is 0.290. The number of aromatic nitrogens is 2. The number of fused-ring (bicyclic) bond motifs is 1. The van der Waals surface area contributed by atoms with Crippen LogP contribution >= 0.6 is 0 Å². The van der Waals surface area contributed by atoms with Gasteiger partial charge >= 0.3 is 0 Å². The molecule has 1 saturated heterocycles. The van der Waals surface area contributed by atoms with E-state index in [1.807, 2.05) is 84.6 Å². The number of hydrogen-bond acceptors (Lipinski definition) is 5. The number of ether oxygens (including phenoxy) is 3. The van der Waals surface area contributed by atoms with E-state index in [1.165, 1.54) is 0 Å². The van der Waals surface area contributed by atoms with Crippen LogP contribution in [0.4, 0.5) is 5.69 Å². The highest BCUT2D eigenvalue weighted by Gasteiger charge is 2.35. The van der Waals surface area contributed by atoms with Gasteiger partial charge in [0.2, 0.25) is 5.91 Å². The first-order valence-electron chi connectivity index (χ1n) is 12.9. The van der Waals surface area contributed by atoms with Crippen LogP contribution < -0.4 is 19.1 Å². The van der Waals surface area contributed by atoms with Crippen molar-refractivity contribution in [3.63, 3.8) is 0 Å². The molecule has 1 atom stereocenters. The summed E-state index contributed by atoms with van der Waals surface area (Å²) in [5.74, 6) is 3.14. The Morgan fingerprint density at radius 3 is 2.58 bits per heavy atom. The number of nitrogens with zero attached hydrogens (tertiary/aromatic N) is 3. The predicted molar refractivity (Wildman–Crippen MR) is 150 cm³/mol. The number of aryl methyl sites for hydroxylation is 1. The van der Waals surface area contributed by atoms with E-state index in [0.717, 1.165) is 52.6 Å². The van der Waals surface area contributed by atoms with E-state index in [9.17, 15) is 4.79 Å². The lowest BCUT2D eigenvalue weighted by atomic mass is 10.1. The molecule has 0 spiro atoms. The van der Waals surface area contributed by atoms with Gasteiger partial charge in [0.25, 0.3) is 0 Å². The van der Waals surface area contributed by atoms with Gasteiger partial charge in [-0.2, -0.15) is 0 Å². The quantitative estimate of drug-likeness (QED) is 0.242. The Balaban J connectivity index is 1.33. The van der Waals surface area contributed by atoms with Crippen molar-refractivity contribution in [2.75, 3.05) is 32.3 Å². The summed E-state index contributed by atoms with van der Waals surface area (Å²) >= 11 is 0. The van der Waals surface area contributed by atoms with Crippen molar-refractivity contribution in [1.82, 2.24) is 9.55 Å². The van der Waals surface area contributed by atoms with Gasteiger partial charge in [-0.3, -0.25) is 4.79 Å². The number of rotatable bonds is 10. The van der Waals surface area contributed by atoms with Crippen LogP contribution in [0.2, 0.25) is 0 Å². The molecule has 7 nitrogen and oxygen atoms in total. The number of amides is 1. The Morgan fingerprint density at radius 1 is 0.974 bits per heavy atom. The van der Waals surface area contributed by atoms with Gasteiger partial charge in [-0.15, -0.1) is 0 Å². The number of carbonyl (C=O) groups excluding carboxylic acids is 1. The van der Waals surface area contributed by atoms with Crippen molar-refractivity contribution in [2.24, 2.45) is 0 Å². The molecular weight excluding hydrogens is 478 g/mol. The van der Waals surface area contributed by atoms with Crippen LogP contribution in [0.3, 0.4) is 0 Å². The monoisotopic (exact) mass is 511 g/mol. The molecule has 3 aromatic carbocycles. The zero-order chi connectivity index (χ0) is 26.5. The number of benzene rings is 3. The number of carbonyl (C=O) groups is 1. The fourth-order valence-corrected chi connectivity index (χ4v) is 5.11. The molecule has 7 heteroatoms. The van der Waals surface area contributed by atoms with Crippen molar-refractivity contribution >= 4 is 28.7 Å². The second-order valence-electron chi connectivity index (χ2n) is 9.30. The molecule has 38 heavy (non-hydrogen) atoms. The van der Waals surface area contributed by atoms with Crippen LogP contribution in [0, 0.1) is 0 Å². The lowest BCUT2D eigenvalue weighted by molar-refractivity contribution is -0.117. The first-order chi connectivity index (χ1) is 18.6. The number of hydrogen-bond donors (Lipinski definition) is 0. The molecule has 196 valence electrons. The van der Waals surface area contributed by atoms with Crippen molar-refractivity contribution in [3.8, 4) is 17.2 Å². The molecule has 4 aromatic rings. The molecule has 1 amide bonds. The molecule has 1 aliphatic rings. The van der Waals surface area contributed by atoms with Gasteiger partial charge in [-0.1, -0.05) is 42.5 Å². The van der Waals surface area contributed by atoms with E-state index < -0.39 is 0 Å². The van der Waals surface area contributed by atoms with E-state index in [0.29, 0.717) is 25.3 Å². The number of allylic oxidation sites excluding steroid dienone is 1. The molecule has 5 rings (SSSR count). The number of imidazole rings is 1. The summed E-state index contributed by atoms with van der Waals surface area (Å²) in [6.07, 6.45) is 5.22. The van der Waals surface area contributed by atoms with Crippen LogP contribution in [0.1, 0.15) is 37.1 Å². The number of methoxy groups -OCH3 is 2. The Bertz CT molecular complexity index is 1460. The fourth-order valence-electron chi connectivity index (χ4n) is 5.11. The third-order valence-corrected chi connectivity index (χ3v) is 6.88. The first-order valence-corrected chi connectivity index (χ1v) is 12.9. The highest BCUT2D eigenvalue weighted by Crippen LogP contribution is 2.37. The van der Waals surface area contributed by atoms with Crippen molar-refractivity contribution in [1.29, 1.82) is 0 Å². The summed E-state index contributed by atoms with van der Waals surface area (Å²) in [4.78, 5) is 19.9. The molecule has 1 aliphatic heterocycles. The zero-order valence-electron chi connectivity index (χ0n) is 22.1. The van der Waals surface area contributed by atoms with E-state index in [-0.39, 0.29) is 11.8 Å². The average Bonchev–Trinajstić information content (AvgIpc) is 3.52. The molecule has 1 fully saturated rings.